The van der Waals surface area contributed by atoms with Gasteiger partial charge in [-0.25, -0.2) is 9.37 Å². The van der Waals surface area contributed by atoms with Crippen molar-refractivity contribution in [2.75, 3.05) is 0 Å². The van der Waals surface area contributed by atoms with Gasteiger partial charge in [0.1, 0.15) is 23.1 Å². The first kappa shape index (κ1) is 17.5. The Balaban J connectivity index is 1.63. The molecular formula is C20H21FN4O2. The summed E-state index contributed by atoms with van der Waals surface area (Å²) in [5.41, 5.74) is 7.18. The van der Waals surface area contributed by atoms with Crippen molar-refractivity contribution in [1.82, 2.24) is 14.9 Å². The molecule has 0 unspecified atom stereocenters. The van der Waals surface area contributed by atoms with Crippen molar-refractivity contribution in [2.45, 2.75) is 38.4 Å². The second kappa shape index (κ2) is 7.00. The standard InChI is InChI=1S/C20H21FN4O2/c1-12(20(22)26)23-11-19-24-17-9-8-16(10-18(17)25(19)14-4-5-14)27-15-6-2-13(21)3-7-15/h2-3,6-10,12,14,23H,4-5,11H2,1H3,(H2,22,26)/t12-/m0/s1. The van der Waals surface area contributed by atoms with E-state index in [9.17, 15) is 9.18 Å². The van der Waals surface area contributed by atoms with Gasteiger partial charge in [0.2, 0.25) is 5.91 Å². The minimum absolute atomic E-state index is 0.299. The van der Waals surface area contributed by atoms with E-state index in [1.807, 2.05) is 18.2 Å². The minimum Gasteiger partial charge on any atom is -0.457 e. The van der Waals surface area contributed by atoms with Crippen LogP contribution in [-0.4, -0.2) is 21.5 Å². The molecule has 140 valence electrons. The van der Waals surface area contributed by atoms with Gasteiger partial charge >= 0.3 is 0 Å². The quantitative estimate of drug-likeness (QED) is 0.671. The van der Waals surface area contributed by atoms with Crippen LogP contribution in [0.1, 0.15) is 31.6 Å². The Kier molecular flexibility index (Phi) is 4.53. The smallest absolute Gasteiger partial charge is 0.234 e. The van der Waals surface area contributed by atoms with Crippen molar-refractivity contribution in [3.63, 3.8) is 0 Å². The number of nitrogens with zero attached hydrogens (tertiary/aromatic N) is 2. The molecule has 7 heteroatoms. The molecule has 0 radical (unpaired) electrons. The third kappa shape index (κ3) is 3.78. The van der Waals surface area contributed by atoms with Gasteiger partial charge in [-0.2, -0.15) is 0 Å². The van der Waals surface area contributed by atoms with E-state index in [-0.39, 0.29) is 11.7 Å². The van der Waals surface area contributed by atoms with Crippen LogP contribution >= 0.6 is 0 Å². The fourth-order valence-corrected chi connectivity index (χ4v) is 3.03. The molecule has 1 atom stereocenters. The lowest BCUT2D eigenvalue weighted by molar-refractivity contribution is -0.119. The zero-order valence-electron chi connectivity index (χ0n) is 15.0. The number of nitrogens with two attached hydrogens (primary N) is 1. The second-order valence-electron chi connectivity index (χ2n) is 6.84. The van der Waals surface area contributed by atoms with Gasteiger partial charge in [0.05, 0.1) is 23.6 Å². The predicted molar refractivity (Wildman–Crippen MR) is 100.0 cm³/mol. The molecule has 1 aliphatic rings. The number of ether oxygens (including phenoxy) is 1. The first-order valence-corrected chi connectivity index (χ1v) is 8.98. The van der Waals surface area contributed by atoms with Gasteiger partial charge < -0.3 is 15.0 Å². The van der Waals surface area contributed by atoms with E-state index >= 15 is 0 Å². The molecule has 6 nitrogen and oxygen atoms in total. The number of fused-ring (bicyclic) bond motifs is 1. The number of primary amides is 1. The van der Waals surface area contributed by atoms with Crippen LogP contribution < -0.4 is 15.8 Å². The number of imidazole rings is 1. The van der Waals surface area contributed by atoms with E-state index in [4.69, 9.17) is 15.5 Å². The fraction of sp³-hybridized carbons (Fsp3) is 0.300. The summed E-state index contributed by atoms with van der Waals surface area (Å²) in [5.74, 6) is 1.43. The first-order valence-electron chi connectivity index (χ1n) is 8.98. The number of nitrogens with one attached hydrogen (secondary N) is 1. The highest BCUT2D eigenvalue weighted by Gasteiger charge is 2.28. The summed E-state index contributed by atoms with van der Waals surface area (Å²) in [6.07, 6.45) is 2.21. The number of halogens is 1. The van der Waals surface area contributed by atoms with Gasteiger partial charge in [-0.05, 0) is 56.2 Å². The molecule has 1 aliphatic carbocycles. The summed E-state index contributed by atoms with van der Waals surface area (Å²) < 4.78 is 21.1. The Morgan fingerprint density at radius 1 is 1.30 bits per heavy atom. The van der Waals surface area contributed by atoms with Crippen LogP contribution in [0.2, 0.25) is 0 Å². The molecule has 0 aliphatic heterocycles. The van der Waals surface area contributed by atoms with Crippen molar-refractivity contribution in [2.24, 2.45) is 5.73 Å². The Hall–Kier alpha value is -2.93. The van der Waals surface area contributed by atoms with Crippen molar-refractivity contribution in [1.29, 1.82) is 0 Å². The van der Waals surface area contributed by atoms with E-state index < -0.39 is 6.04 Å². The third-order valence-corrected chi connectivity index (χ3v) is 4.69. The lowest BCUT2D eigenvalue weighted by Gasteiger charge is -2.12. The van der Waals surface area contributed by atoms with Gasteiger partial charge in [-0.15, -0.1) is 0 Å². The maximum Gasteiger partial charge on any atom is 0.234 e. The largest absolute Gasteiger partial charge is 0.457 e. The molecule has 1 aromatic heterocycles. The maximum atomic E-state index is 13.1. The molecule has 1 saturated carbocycles. The summed E-state index contributed by atoms with van der Waals surface area (Å²) in [6, 6.07) is 11.6. The van der Waals surface area contributed by atoms with Crippen LogP contribution in [0.3, 0.4) is 0 Å². The third-order valence-electron chi connectivity index (χ3n) is 4.69. The molecule has 3 aromatic rings. The Morgan fingerprint density at radius 2 is 2.00 bits per heavy atom. The zero-order chi connectivity index (χ0) is 19.0. The number of carbonyl (C=O) groups is 1. The summed E-state index contributed by atoms with van der Waals surface area (Å²) in [7, 11) is 0. The number of aromatic nitrogens is 2. The lowest BCUT2D eigenvalue weighted by Crippen LogP contribution is -2.38. The van der Waals surface area contributed by atoms with Crippen LogP contribution in [-0.2, 0) is 11.3 Å². The topological polar surface area (TPSA) is 82.2 Å². The summed E-state index contributed by atoms with van der Waals surface area (Å²) in [6.45, 7) is 2.20. The SMILES string of the molecule is C[C@H](NCc1nc2ccc(Oc3ccc(F)cc3)cc2n1C1CC1)C(N)=O. The fourth-order valence-electron chi connectivity index (χ4n) is 3.03. The molecular weight excluding hydrogens is 347 g/mol. The Bertz CT molecular complexity index is 980. The normalized spacial score (nSPS) is 15.0. The molecule has 4 rings (SSSR count). The van der Waals surface area contributed by atoms with Crippen LogP contribution in [0.5, 0.6) is 11.5 Å². The van der Waals surface area contributed by atoms with Crippen molar-refractivity contribution < 1.29 is 13.9 Å². The highest BCUT2D eigenvalue weighted by atomic mass is 19.1. The van der Waals surface area contributed by atoms with Gasteiger partial charge in [-0.1, -0.05) is 0 Å². The summed E-state index contributed by atoms with van der Waals surface area (Å²) in [4.78, 5) is 16.0. The molecule has 27 heavy (non-hydrogen) atoms. The van der Waals surface area contributed by atoms with Gasteiger partial charge in [0.25, 0.3) is 0 Å². The van der Waals surface area contributed by atoms with Crippen LogP contribution in [0.25, 0.3) is 11.0 Å². The van der Waals surface area contributed by atoms with E-state index in [1.54, 1.807) is 19.1 Å². The summed E-state index contributed by atoms with van der Waals surface area (Å²) in [5, 5.41) is 3.12. The predicted octanol–water partition coefficient (Wildman–Crippen LogP) is 3.27. The van der Waals surface area contributed by atoms with E-state index in [0.717, 1.165) is 29.7 Å². The van der Waals surface area contributed by atoms with Crippen LogP contribution in [0, 0.1) is 5.82 Å². The monoisotopic (exact) mass is 368 g/mol. The number of hydrogen-bond acceptors (Lipinski definition) is 4. The van der Waals surface area contributed by atoms with Crippen LogP contribution in [0.4, 0.5) is 4.39 Å². The van der Waals surface area contributed by atoms with Crippen molar-refractivity contribution in [3.8, 4) is 11.5 Å². The highest BCUT2D eigenvalue weighted by Crippen LogP contribution is 2.39. The molecule has 0 saturated heterocycles. The minimum atomic E-state index is -0.421. The number of rotatable bonds is 7. The molecule has 2 aromatic carbocycles. The van der Waals surface area contributed by atoms with E-state index in [1.165, 1.54) is 12.1 Å². The average molecular weight is 368 g/mol. The second-order valence-corrected chi connectivity index (χ2v) is 6.84. The zero-order valence-corrected chi connectivity index (χ0v) is 15.0. The lowest BCUT2D eigenvalue weighted by atomic mass is 10.3. The molecule has 0 spiro atoms. The van der Waals surface area contributed by atoms with E-state index in [2.05, 4.69) is 9.88 Å². The first-order chi connectivity index (χ1) is 13.0. The average Bonchev–Trinajstić information content (AvgIpc) is 3.42. The summed E-state index contributed by atoms with van der Waals surface area (Å²) >= 11 is 0. The molecule has 0 bridgehead atoms. The number of hydrogen-bond donors (Lipinski definition) is 2. The van der Waals surface area contributed by atoms with Crippen molar-refractivity contribution >= 4 is 16.9 Å². The van der Waals surface area contributed by atoms with Gasteiger partial charge in [0, 0.05) is 12.1 Å². The molecule has 1 amide bonds. The highest BCUT2D eigenvalue weighted by molar-refractivity contribution is 5.79. The molecule has 1 heterocycles. The van der Waals surface area contributed by atoms with Crippen LogP contribution in [0.15, 0.2) is 42.5 Å². The number of carbonyl (C=O) groups excluding carboxylic acids is 1. The van der Waals surface area contributed by atoms with E-state index in [0.29, 0.717) is 24.1 Å². The number of benzene rings is 2. The van der Waals surface area contributed by atoms with Crippen molar-refractivity contribution in [3.05, 3.63) is 54.1 Å². The maximum absolute atomic E-state index is 13.1. The number of amides is 1. The van der Waals surface area contributed by atoms with Gasteiger partial charge in [-0.3, -0.25) is 10.1 Å². The Morgan fingerprint density at radius 3 is 2.67 bits per heavy atom. The molecule has 1 fully saturated rings. The Labute approximate surface area is 156 Å². The molecule has 3 N–H and O–H groups in total. The van der Waals surface area contributed by atoms with Gasteiger partial charge in [0.15, 0.2) is 0 Å².